The van der Waals surface area contributed by atoms with Crippen LogP contribution in [0, 0.1) is 5.92 Å². The van der Waals surface area contributed by atoms with Gasteiger partial charge in [-0.15, -0.1) is 0 Å². The summed E-state index contributed by atoms with van der Waals surface area (Å²) in [6.07, 6.45) is -3.27. The van der Waals surface area contributed by atoms with Crippen molar-refractivity contribution >= 4 is 29.8 Å². The number of hydrogen-bond donors (Lipinski definition) is 5. The van der Waals surface area contributed by atoms with Crippen LogP contribution in [-0.2, 0) is 55.9 Å². The summed E-state index contributed by atoms with van der Waals surface area (Å²) in [4.78, 5) is 58.5. The van der Waals surface area contributed by atoms with Crippen molar-refractivity contribution in [2.75, 3.05) is 52.7 Å². The Balaban J connectivity index is 1.27. The maximum atomic E-state index is 11.8. The zero-order valence-electron chi connectivity index (χ0n) is 26.6. The van der Waals surface area contributed by atoms with Crippen LogP contribution in [0.2, 0.25) is 0 Å². The van der Waals surface area contributed by atoms with E-state index in [-0.39, 0.29) is 44.4 Å². The number of aliphatic carboxylic acids is 1. The number of imide groups is 1. The number of nitrogens with one attached hydrogen (secondary N) is 1. The van der Waals surface area contributed by atoms with E-state index in [1.165, 1.54) is 12.2 Å². The Morgan fingerprint density at radius 3 is 2.25 bits per heavy atom. The fraction of sp³-hybridized carbons (Fsp3) is 0.581. The number of ether oxygens (including phenoxy) is 6. The number of aliphatic hydroxyl groups is 2. The molecule has 3 rings (SSSR count). The van der Waals surface area contributed by atoms with Crippen molar-refractivity contribution in [1.29, 1.82) is 0 Å². The summed E-state index contributed by atoms with van der Waals surface area (Å²) in [5, 5.41) is 32.3. The standard InChI is InChI=1S/C31H43N3O14/c1-19-26(38)27(39)28(29(40)41)48-30(19)47-22-5-4-20(17-21(22)18-46-31(32)42)3-2-11-43-13-15-45-16-14-44-12-9-33-23(35)8-10-34-24(36)6-7-25(34)37/h4-7,17,19,26-28,30,38-39H,2-3,8-16,18H2,1H3,(H2,32,42)(H,33,35)(H,40,41)/t19?,26-,27+,28+,30-/m1/s1. The summed E-state index contributed by atoms with van der Waals surface area (Å²) >= 11 is 0. The second-order valence-corrected chi connectivity index (χ2v) is 11.0. The highest BCUT2D eigenvalue weighted by molar-refractivity contribution is 6.13. The first-order valence-corrected chi connectivity index (χ1v) is 15.5. The molecule has 0 aliphatic carbocycles. The lowest BCUT2D eigenvalue weighted by Crippen LogP contribution is -2.57. The monoisotopic (exact) mass is 681 g/mol. The van der Waals surface area contributed by atoms with Crippen molar-refractivity contribution < 1.29 is 67.7 Å². The molecule has 48 heavy (non-hydrogen) atoms. The lowest BCUT2D eigenvalue weighted by atomic mass is 9.92. The predicted molar refractivity (Wildman–Crippen MR) is 163 cm³/mol. The SMILES string of the molecule is CC1[C@H](Oc2ccc(CCCOCCOCCOCCNC(=O)CCN3C(=O)C=CC3=O)cc2COC(N)=O)O[C@H](C(=O)O)[C@@H](O)[C@@H]1O. The number of carboxylic acids is 1. The van der Waals surface area contributed by atoms with Gasteiger partial charge < -0.3 is 54.8 Å². The van der Waals surface area contributed by atoms with Gasteiger partial charge in [0, 0.05) is 49.8 Å². The Morgan fingerprint density at radius 1 is 0.958 bits per heavy atom. The number of aliphatic hydroxyl groups excluding tert-OH is 2. The van der Waals surface area contributed by atoms with Crippen LogP contribution < -0.4 is 15.8 Å². The number of benzene rings is 1. The molecule has 2 heterocycles. The minimum atomic E-state index is -1.68. The lowest BCUT2D eigenvalue weighted by molar-refractivity contribution is -0.251. The number of nitrogens with two attached hydrogens (primary N) is 1. The number of rotatable bonds is 21. The van der Waals surface area contributed by atoms with Crippen molar-refractivity contribution in [1.82, 2.24) is 10.2 Å². The molecule has 17 nitrogen and oxygen atoms in total. The van der Waals surface area contributed by atoms with Gasteiger partial charge in [0.2, 0.25) is 12.2 Å². The van der Waals surface area contributed by atoms with Gasteiger partial charge >= 0.3 is 12.1 Å². The molecule has 2 aliphatic heterocycles. The van der Waals surface area contributed by atoms with Crippen molar-refractivity contribution in [3.8, 4) is 5.75 Å². The topological polar surface area (TPSA) is 243 Å². The summed E-state index contributed by atoms with van der Waals surface area (Å²) in [5.41, 5.74) is 6.45. The van der Waals surface area contributed by atoms with Gasteiger partial charge in [0.25, 0.3) is 11.8 Å². The second kappa shape index (κ2) is 19.6. The fourth-order valence-electron chi connectivity index (χ4n) is 4.77. The van der Waals surface area contributed by atoms with Crippen molar-refractivity contribution in [3.63, 3.8) is 0 Å². The van der Waals surface area contributed by atoms with Crippen LogP contribution in [0.5, 0.6) is 5.75 Å². The number of amides is 4. The molecular formula is C31H43N3O14. The highest BCUT2D eigenvalue weighted by atomic mass is 16.7. The quantitative estimate of drug-likeness (QED) is 0.0792. The minimum Gasteiger partial charge on any atom is -0.479 e. The van der Waals surface area contributed by atoms with Gasteiger partial charge in [-0.05, 0) is 30.5 Å². The molecule has 4 amide bonds. The number of carboxylic acid groups (broad SMARTS) is 1. The third-order valence-electron chi connectivity index (χ3n) is 7.42. The number of carbonyl (C=O) groups is 5. The van der Waals surface area contributed by atoms with Gasteiger partial charge in [0.05, 0.1) is 39.1 Å². The van der Waals surface area contributed by atoms with Crippen LogP contribution in [0.4, 0.5) is 4.79 Å². The summed E-state index contributed by atoms with van der Waals surface area (Å²) in [7, 11) is 0. The van der Waals surface area contributed by atoms with Gasteiger partial charge in [-0.25, -0.2) is 9.59 Å². The molecule has 1 aromatic carbocycles. The largest absolute Gasteiger partial charge is 0.479 e. The Morgan fingerprint density at radius 2 is 1.60 bits per heavy atom. The number of carbonyl (C=O) groups excluding carboxylic acids is 4. The minimum absolute atomic E-state index is 0.0173. The first-order chi connectivity index (χ1) is 23.0. The molecule has 0 bridgehead atoms. The van der Waals surface area contributed by atoms with Crippen molar-refractivity contribution in [3.05, 3.63) is 41.5 Å². The Kier molecular flexibility index (Phi) is 15.7. The van der Waals surface area contributed by atoms with Crippen LogP contribution in [0.1, 0.15) is 30.9 Å². The third-order valence-corrected chi connectivity index (χ3v) is 7.42. The Bertz CT molecular complexity index is 1270. The summed E-state index contributed by atoms with van der Waals surface area (Å²) < 4.78 is 32.7. The van der Waals surface area contributed by atoms with Crippen molar-refractivity contribution in [2.45, 2.75) is 57.4 Å². The zero-order chi connectivity index (χ0) is 35.1. The molecule has 2 aliphatic rings. The molecule has 266 valence electrons. The van der Waals surface area contributed by atoms with Gasteiger partial charge in [0.15, 0.2) is 6.10 Å². The van der Waals surface area contributed by atoms with E-state index in [9.17, 15) is 39.3 Å². The van der Waals surface area contributed by atoms with E-state index in [1.807, 2.05) is 0 Å². The van der Waals surface area contributed by atoms with Gasteiger partial charge in [-0.1, -0.05) is 13.0 Å². The average Bonchev–Trinajstić information content (AvgIpc) is 3.37. The molecular weight excluding hydrogens is 638 g/mol. The molecule has 0 spiro atoms. The molecule has 1 saturated heterocycles. The molecule has 0 saturated carbocycles. The molecule has 5 atom stereocenters. The maximum Gasteiger partial charge on any atom is 0.404 e. The second-order valence-electron chi connectivity index (χ2n) is 11.0. The van der Waals surface area contributed by atoms with E-state index >= 15 is 0 Å². The predicted octanol–water partition coefficient (Wildman–Crippen LogP) is -0.758. The Labute approximate surface area is 276 Å². The first kappa shape index (κ1) is 38.3. The summed E-state index contributed by atoms with van der Waals surface area (Å²) in [6, 6.07) is 5.14. The van der Waals surface area contributed by atoms with Crippen LogP contribution in [-0.4, -0.2) is 127 Å². The molecule has 6 N–H and O–H groups in total. The van der Waals surface area contributed by atoms with Gasteiger partial charge in [0.1, 0.15) is 18.5 Å². The Hall–Kier alpha value is -4.13. The van der Waals surface area contributed by atoms with Crippen LogP contribution in [0.25, 0.3) is 0 Å². The molecule has 0 radical (unpaired) electrons. The first-order valence-electron chi connectivity index (χ1n) is 15.5. The smallest absolute Gasteiger partial charge is 0.404 e. The van der Waals surface area contributed by atoms with Crippen LogP contribution in [0.15, 0.2) is 30.4 Å². The van der Waals surface area contributed by atoms with Gasteiger partial charge in [-0.2, -0.15) is 0 Å². The zero-order valence-corrected chi connectivity index (χ0v) is 26.6. The lowest BCUT2D eigenvalue weighted by Gasteiger charge is -2.39. The molecule has 17 heteroatoms. The van der Waals surface area contributed by atoms with Crippen LogP contribution in [0.3, 0.4) is 0 Å². The number of hydrogen-bond acceptors (Lipinski definition) is 13. The van der Waals surface area contributed by atoms with E-state index in [2.05, 4.69) is 5.32 Å². The number of primary amides is 1. The maximum absolute atomic E-state index is 11.8. The highest BCUT2D eigenvalue weighted by Gasteiger charge is 2.46. The summed E-state index contributed by atoms with van der Waals surface area (Å²) in [6.45, 7) is 3.77. The average molecular weight is 682 g/mol. The molecule has 1 aromatic rings. The fourth-order valence-corrected chi connectivity index (χ4v) is 4.77. The van der Waals surface area contributed by atoms with Gasteiger partial charge in [-0.3, -0.25) is 19.3 Å². The highest BCUT2D eigenvalue weighted by Crippen LogP contribution is 2.31. The molecule has 0 aromatic heterocycles. The van der Waals surface area contributed by atoms with E-state index in [0.29, 0.717) is 51.4 Å². The van der Waals surface area contributed by atoms with Crippen molar-refractivity contribution in [2.24, 2.45) is 11.7 Å². The normalized spacial score (nSPS) is 22.1. The van der Waals surface area contributed by atoms with E-state index < -0.39 is 54.4 Å². The third kappa shape index (κ3) is 12.1. The summed E-state index contributed by atoms with van der Waals surface area (Å²) in [5.74, 6) is -3.12. The number of aryl methyl sites for hydroxylation is 1. The van der Waals surface area contributed by atoms with Crippen LogP contribution >= 0.6 is 0 Å². The molecule has 1 unspecified atom stereocenters. The molecule has 1 fully saturated rings. The van der Waals surface area contributed by atoms with E-state index in [4.69, 9.17) is 34.2 Å². The van der Waals surface area contributed by atoms with E-state index in [1.54, 1.807) is 25.1 Å². The van der Waals surface area contributed by atoms with E-state index in [0.717, 1.165) is 10.5 Å². The number of nitrogens with zero attached hydrogens (tertiary/aromatic N) is 1.